The molecule has 0 aromatic carbocycles. The predicted molar refractivity (Wildman–Crippen MR) is 96.3 cm³/mol. The first-order valence-electron chi connectivity index (χ1n) is 6.12. The van der Waals surface area contributed by atoms with E-state index in [1.165, 1.54) is 26.0 Å². The molecule has 7 heteroatoms. The summed E-state index contributed by atoms with van der Waals surface area (Å²) in [6, 6.07) is 2.87. The van der Waals surface area contributed by atoms with E-state index in [9.17, 15) is 0 Å². The van der Waals surface area contributed by atoms with Crippen molar-refractivity contribution in [1.82, 2.24) is 10.2 Å². The first kappa shape index (κ1) is 20.2. The number of rotatable bonds is 4. The van der Waals surface area contributed by atoms with Gasteiger partial charge in [0.15, 0.2) is 0 Å². The van der Waals surface area contributed by atoms with Gasteiger partial charge < -0.3 is 5.32 Å². The van der Waals surface area contributed by atoms with Gasteiger partial charge in [-0.05, 0) is 44.3 Å². The zero-order valence-corrected chi connectivity index (χ0v) is 16.4. The van der Waals surface area contributed by atoms with Crippen molar-refractivity contribution in [3.63, 3.8) is 0 Å². The van der Waals surface area contributed by atoms with Crippen LogP contribution in [-0.4, -0.2) is 31.1 Å². The van der Waals surface area contributed by atoms with Gasteiger partial charge in [0.05, 0.1) is 3.79 Å². The number of nitrogens with one attached hydrogen (secondary N) is 1. The average Bonchev–Trinajstić information content (AvgIpc) is 2.67. The third-order valence-electron chi connectivity index (χ3n) is 3.15. The number of hydrogen-bond acceptors (Lipinski definition) is 3. The highest BCUT2D eigenvalue weighted by atomic mass is 79.9. The van der Waals surface area contributed by atoms with E-state index in [1.54, 1.807) is 0 Å². The number of hydrogen-bond donors (Lipinski definition) is 1. The molecule has 1 aromatic rings. The summed E-state index contributed by atoms with van der Waals surface area (Å²) in [5.41, 5.74) is 0. The Bertz CT molecular complexity index is 351. The lowest BCUT2D eigenvalue weighted by Gasteiger charge is -2.34. The summed E-state index contributed by atoms with van der Waals surface area (Å²) in [6.07, 6.45) is 2.49. The van der Waals surface area contributed by atoms with Gasteiger partial charge in [0.2, 0.25) is 0 Å². The fourth-order valence-corrected chi connectivity index (χ4v) is 4.56. The summed E-state index contributed by atoms with van der Waals surface area (Å²) in [4.78, 5) is 4.09. The zero-order chi connectivity index (χ0) is 12.3. The van der Waals surface area contributed by atoms with E-state index in [4.69, 9.17) is 0 Å². The van der Waals surface area contributed by atoms with E-state index in [0.717, 1.165) is 26.2 Å². The monoisotopic (exact) mass is 452 g/mol. The Morgan fingerprint density at radius 1 is 1.32 bits per heavy atom. The van der Waals surface area contributed by atoms with Crippen LogP contribution in [0.15, 0.2) is 14.3 Å². The Hall–Kier alpha value is 1.16. The number of halogens is 4. The second kappa shape index (κ2) is 9.98. The van der Waals surface area contributed by atoms with Gasteiger partial charge in [0.1, 0.15) is 0 Å². The molecule has 1 atom stereocenters. The molecule has 2 nitrogen and oxygen atoms in total. The average molecular weight is 455 g/mol. The molecule has 0 radical (unpaired) electrons. The van der Waals surface area contributed by atoms with E-state index in [2.05, 4.69) is 55.1 Å². The van der Waals surface area contributed by atoms with Gasteiger partial charge in [0, 0.05) is 41.6 Å². The van der Waals surface area contributed by atoms with Crippen molar-refractivity contribution < 1.29 is 0 Å². The predicted octanol–water partition coefficient (Wildman–Crippen LogP) is 4.86. The Morgan fingerprint density at radius 2 is 1.95 bits per heavy atom. The molecule has 1 fully saturated rings. The largest absolute Gasteiger partial charge is 0.314 e. The van der Waals surface area contributed by atoms with Gasteiger partial charge in [-0.3, -0.25) is 4.90 Å². The Morgan fingerprint density at radius 3 is 2.42 bits per heavy atom. The molecule has 112 valence electrons. The van der Waals surface area contributed by atoms with E-state index in [1.807, 2.05) is 11.3 Å². The maximum atomic E-state index is 3.60. The standard InChI is InChI=1S/C12H18Br2N2S.2ClH/c1-2-3-10(16-6-4-15-5-7-16)11-8-9(13)12(14)17-11;;/h8,10,15H,2-7H2,1H3;2*1H/t10-;;/m1../s1. The molecule has 2 rings (SSSR count). The molecule has 0 spiro atoms. The van der Waals surface area contributed by atoms with Crippen molar-refractivity contribution in [3.05, 3.63) is 19.2 Å². The Kier molecular flexibility index (Phi) is 10.6. The molecule has 1 N–H and O–H groups in total. The smallest absolute Gasteiger partial charge is 0.0843 e. The minimum Gasteiger partial charge on any atom is -0.314 e. The minimum absolute atomic E-state index is 0. The lowest BCUT2D eigenvalue weighted by Crippen LogP contribution is -2.45. The fourth-order valence-electron chi connectivity index (χ4n) is 2.30. The Balaban J connectivity index is 0.00000162. The molecule has 0 aliphatic carbocycles. The van der Waals surface area contributed by atoms with Crippen molar-refractivity contribution in [2.45, 2.75) is 25.8 Å². The van der Waals surface area contributed by atoms with Crippen LogP contribution in [0.1, 0.15) is 30.7 Å². The lowest BCUT2D eigenvalue weighted by molar-refractivity contribution is 0.167. The maximum Gasteiger partial charge on any atom is 0.0843 e. The van der Waals surface area contributed by atoms with Crippen LogP contribution in [0, 0.1) is 0 Å². The summed E-state index contributed by atoms with van der Waals surface area (Å²) in [6.45, 7) is 6.84. The molecular formula is C12H20Br2Cl2N2S. The summed E-state index contributed by atoms with van der Waals surface area (Å²) >= 11 is 9.06. The SMILES string of the molecule is CCC[C@H](c1cc(Br)c(Br)s1)N1CCNCC1.Cl.Cl. The van der Waals surface area contributed by atoms with Gasteiger partial charge in [0.25, 0.3) is 0 Å². The molecule has 0 bridgehead atoms. The van der Waals surface area contributed by atoms with Crippen LogP contribution in [0.2, 0.25) is 0 Å². The quantitative estimate of drug-likeness (QED) is 0.698. The maximum absolute atomic E-state index is 3.60. The molecule has 0 unspecified atom stereocenters. The molecule has 1 aliphatic rings. The topological polar surface area (TPSA) is 15.3 Å². The van der Waals surface area contributed by atoms with Gasteiger partial charge in [-0.1, -0.05) is 13.3 Å². The van der Waals surface area contributed by atoms with E-state index in [-0.39, 0.29) is 24.8 Å². The zero-order valence-electron chi connectivity index (χ0n) is 10.8. The van der Waals surface area contributed by atoms with Crippen LogP contribution in [0.4, 0.5) is 0 Å². The van der Waals surface area contributed by atoms with Crippen molar-refractivity contribution >= 4 is 68.0 Å². The molecule has 19 heavy (non-hydrogen) atoms. The lowest BCUT2D eigenvalue weighted by atomic mass is 10.1. The minimum atomic E-state index is 0. The van der Waals surface area contributed by atoms with Crippen molar-refractivity contribution in [2.75, 3.05) is 26.2 Å². The van der Waals surface area contributed by atoms with Crippen molar-refractivity contribution in [2.24, 2.45) is 0 Å². The van der Waals surface area contributed by atoms with E-state index in [0.29, 0.717) is 6.04 Å². The summed E-state index contributed by atoms with van der Waals surface area (Å²) < 4.78 is 2.40. The second-order valence-corrected chi connectivity index (χ2v) is 7.62. The third kappa shape index (κ3) is 5.46. The van der Waals surface area contributed by atoms with Gasteiger partial charge in [-0.25, -0.2) is 0 Å². The molecular weight excluding hydrogens is 435 g/mol. The summed E-state index contributed by atoms with van der Waals surface area (Å²) in [7, 11) is 0. The van der Waals surface area contributed by atoms with Crippen LogP contribution in [0.5, 0.6) is 0 Å². The second-order valence-electron chi connectivity index (χ2n) is 4.36. The highest BCUT2D eigenvalue weighted by Gasteiger charge is 2.23. The van der Waals surface area contributed by atoms with Crippen LogP contribution < -0.4 is 5.32 Å². The van der Waals surface area contributed by atoms with Crippen LogP contribution >= 0.6 is 68.0 Å². The van der Waals surface area contributed by atoms with Gasteiger partial charge >= 0.3 is 0 Å². The molecule has 1 aliphatic heterocycles. The van der Waals surface area contributed by atoms with Gasteiger partial charge in [-0.2, -0.15) is 0 Å². The van der Waals surface area contributed by atoms with Crippen molar-refractivity contribution in [3.8, 4) is 0 Å². The molecule has 1 aromatic heterocycles. The number of nitrogens with zero attached hydrogens (tertiary/aromatic N) is 1. The van der Waals surface area contributed by atoms with Gasteiger partial charge in [-0.15, -0.1) is 36.2 Å². The first-order chi connectivity index (χ1) is 8.22. The number of thiophene rings is 1. The summed E-state index contributed by atoms with van der Waals surface area (Å²) in [5.74, 6) is 0. The molecule has 1 saturated heterocycles. The van der Waals surface area contributed by atoms with E-state index < -0.39 is 0 Å². The highest BCUT2D eigenvalue weighted by molar-refractivity contribution is 9.13. The van der Waals surface area contributed by atoms with Crippen LogP contribution in [0.3, 0.4) is 0 Å². The van der Waals surface area contributed by atoms with Crippen molar-refractivity contribution in [1.29, 1.82) is 0 Å². The third-order valence-corrected chi connectivity index (χ3v) is 6.50. The van der Waals surface area contributed by atoms with Crippen LogP contribution in [-0.2, 0) is 0 Å². The summed E-state index contributed by atoms with van der Waals surface area (Å²) in [5, 5.41) is 3.42. The number of piperazine rings is 1. The normalized spacial score (nSPS) is 17.4. The van der Waals surface area contributed by atoms with Crippen LogP contribution in [0.25, 0.3) is 0 Å². The molecule has 2 heterocycles. The fraction of sp³-hybridized carbons (Fsp3) is 0.667. The Labute approximate surface area is 148 Å². The molecule has 0 amide bonds. The molecule has 0 saturated carbocycles. The highest BCUT2D eigenvalue weighted by Crippen LogP contribution is 2.39. The first-order valence-corrected chi connectivity index (χ1v) is 8.52. The van der Waals surface area contributed by atoms with E-state index >= 15 is 0 Å².